The number of para-hydroxylation sites is 1. The number of aliphatic hydroxyl groups excluding tert-OH is 1. The van der Waals surface area contributed by atoms with Gasteiger partial charge in [0.05, 0.1) is 16.6 Å². The van der Waals surface area contributed by atoms with E-state index in [9.17, 15) is 14.4 Å². The van der Waals surface area contributed by atoms with Crippen molar-refractivity contribution in [3.63, 3.8) is 0 Å². The largest absolute Gasteiger partial charge is 0.396 e. The minimum absolute atomic E-state index is 0.00330. The third-order valence-corrected chi connectivity index (χ3v) is 10.6. The van der Waals surface area contributed by atoms with Gasteiger partial charge in [0.1, 0.15) is 6.04 Å². The number of rotatable bonds is 10. The van der Waals surface area contributed by atoms with Gasteiger partial charge < -0.3 is 19.8 Å². The van der Waals surface area contributed by atoms with Gasteiger partial charge in [0.25, 0.3) is 0 Å². The van der Waals surface area contributed by atoms with Crippen LogP contribution in [0.5, 0.6) is 0 Å². The first-order valence-corrected chi connectivity index (χ1v) is 15.3. The molecule has 39 heavy (non-hydrogen) atoms. The number of anilines is 1. The molecule has 2 fully saturated rings. The van der Waals surface area contributed by atoms with Crippen molar-refractivity contribution in [2.75, 3.05) is 37.7 Å². The molecule has 4 heterocycles. The third-order valence-electron chi connectivity index (χ3n) is 8.80. The summed E-state index contributed by atoms with van der Waals surface area (Å²) in [4.78, 5) is 48.5. The molecule has 3 amide bonds. The Hall–Kier alpha value is -2.58. The smallest absolute Gasteiger partial charge is 0.247 e. The van der Waals surface area contributed by atoms with Crippen LogP contribution < -0.4 is 4.90 Å². The fourth-order valence-electron chi connectivity index (χ4n) is 6.95. The van der Waals surface area contributed by atoms with Crippen LogP contribution in [0.25, 0.3) is 0 Å². The van der Waals surface area contributed by atoms with Crippen LogP contribution in [-0.4, -0.2) is 80.9 Å². The van der Waals surface area contributed by atoms with E-state index in [1.807, 2.05) is 46.2 Å². The number of unbranched alkanes of at least 4 members (excludes halogenated alkanes) is 4. The van der Waals surface area contributed by atoms with Crippen molar-refractivity contribution in [3.8, 4) is 0 Å². The summed E-state index contributed by atoms with van der Waals surface area (Å²) >= 11 is 1.65. The quantitative estimate of drug-likeness (QED) is 0.351. The molecule has 5 rings (SSSR count). The average molecular weight is 552 g/mol. The van der Waals surface area contributed by atoms with E-state index in [-0.39, 0.29) is 24.3 Å². The molecule has 2 saturated heterocycles. The Morgan fingerprint density at radius 1 is 0.872 bits per heavy atom. The highest BCUT2D eigenvalue weighted by Crippen LogP contribution is 2.65. The van der Waals surface area contributed by atoms with Gasteiger partial charge in [0, 0.05) is 43.2 Å². The van der Waals surface area contributed by atoms with Crippen molar-refractivity contribution in [1.82, 2.24) is 9.80 Å². The van der Waals surface area contributed by atoms with E-state index in [2.05, 4.69) is 32.1 Å². The van der Waals surface area contributed by atoms with Crippen LogP contribution in [0.15, 0.2) is 54.6 Å². The van der Waals surface area contributed by atoms with Gasteiger partial charge in [-0.1, -0.05) is 68.7 Å². The van der Waals surface area contributed by atoms with Gasteiger partial charge in [-0.2, -0.15) is 0 Å². The summed E-state index contributed by atoms with van der Waals surface area (Å²) in [6.45, 7) is 6.50. The number of hydrogen-bond acceptors (Lipinski definition) is 5. The summed E-state index contributed by atoms with van der Waals surface area (Å²) < 4.78 is -1.39. The van der Waals surface area contributed by atoms with Crippen molar-refractivity contribution in [1.29, 1.82) is 0 Å². The van der Waals surface area contributed by atoms with E-state index < -0.39 is 27.4 Å². The zero-order chi connectivity index (χ0) is 27.6. The normalized spacial score (nSPS) is 31.8. The Morgan fingerprint density at radius 2 is 1.62 bits per heavy atom. The van der Waals surface area contributed by atoms with Crippen LogP contribution in [0.4, 0.5) is 5.69 Å². The molecule has 1 N–H and O–H groups in total. The highest BCUT2D eigenvalue weighted by atomic mass is 32.2. The Morgan fingerprint density at radius 3 is 2.36 bits per heavy atom. The molecule has 5 atom stereocenters. The standard InChI is InChI=1S/C31H41N3O4S/c1-3-4-18-32-19-13-17-31-25(28(37)34(26(31)29(32)38)20-10-5-6-11-22-35)24-27(36)33(23-14-8-7-9-15-23)21-12-16-30(24,2)39-31/h7-9,12-17,24-26,35H,3-6,10-11,18-22H2,1-2H3/t24-,25+,26?,30+,31+/m1/s1. The Kier molecular flexibility index (Phi) is 8.24. The topological polar surface area (TPSA) is 81.2 Å². The summed E-state index contributed by atoms with van der Waals surface area (Å²) in [5.74, 6) is -1.30. The number of nitrogens with zero attached hydrogens (tertiary/aromatic N) is 3. The van der Waals surface area contributed by atoms with Crippen LogP contribution in [0.3, 0.4) is 0 Å². The second-order valence-electron chi connectivity index (χ2n) is 11.4. The lowest BCUT2D eigenvalue weighted by Crippen LogP contribution is -2.53. The van der Waals surface area contributed by atoms with Crippen molar-refractivity contribution >= 4 is 35.2 Å². The number of carbonyl (C=O) groups is 3. The van der Waals surface area contributed by atoms with Crippen molar-refractivity contribution in [2.24, 2.45) is 11.8 Å². The SMILES string of the molecule is CCCCN1CC=C[C@]23S[C@@]4(C)C=CCN(c5ccccc5)C(=O)[C@H]4[C@H]2C(=O)N(CCCCCCO)C3C1=O. The van der Waals surface area contributed by atoms with Gasteiger partial charge in [0.15, 0.2) is 0 Å². The molecule has 8 heteroatoms. The second-order valence-corrected chi connectivity index (χ2v) is 13.2. The van der Waals surface area contributed by atoms with Gasteiger partial charge in [-0.05, 0) is 38.3 Å². The minimum atomic E-state index is -0.792. The number of thioether (sulfide) groups is 1. The fraction of sp³-hybridized carbons (Fsp3) is 0.581. The van der Waals surface area contributed by atoms with Crippen LogP contribution in [-0.2, 0) is 14.4 Å². The molecule has 4 aliphatic heterocycles. The van der Waals surface area contributed by atoms with Gasteiger partial charge in [0.2, 0.25) is 17.7 Å². The number of hydrogen-bond donors (Lipinski definition) is 1. The van der Waals surface area contributed by atoms with Crippen LogP contribution in [0, 0.1) is 11.8 Å². The highest BCUT2D eigenvalue weighted by molar-refractivity contribution is 8.02. The number of amides is 3. The monoisotopic (exact) mass is 551 g/mol. The molecule has 210 valence electrons. The lowest BCUT2D eigenvalue weighted by molar-refractivity contribution is -0.142. The zero-order valence-corrected chi connectivity index (χ0v) is 23.9. The Balaban J connectivity index is 1.54. The summed E-state index contributed by atoms with van der Waals surface area (Å²) in [6.07, 6.45) is 13.5. The predicted molar refractivity (Wildman–Crippen MR) is 155 cm³/mol. The van der Waals surface area contributed by atoms with E-state index in [1.165, 1.54) is 0 Å². The molecular weight excluding hydrogens is 510 g/mol. The fourth-order valence-corrected chi connectivity index (χ4v) is 9.10. The third kappa shape index (κ3) is 4.84. The first-order chi connectivity index (χ1) is 18.9. The molecule has 0 aromatic heterocycles. The van der Waals surface area contributed by atoms with E-state index in [4.69, 9.17) is 5.11 Å². The summed E-state index contributed by atoms with van der Waals surface area (Å²) in [6, 6.07) is 9.03. The maximum atomic E-state index is 14.4. The molecule has 4 aliphatic rings. The summed E-state index contributed by atoms with van der Waals surface area (Å²) in [5.41, 5.74) is 0.823. The van der Waals surface area contributed by atoms with Crippen molar-refractivity contribution in [3.05, 3.63) is 54.6 Å². The summed E-state index contributed by atoms with van der Waals surface area (Å²) in [7, 11) is 0. The van der Waals surface area contributed by atoms with Crippen molar-refractivity contribution in [2.45, 2.75) is 67.9 Å². The molecule has 1 aromatic rings. The first kappa shape index (κ1) is 28.0. The lowest BCUT2D eigenvalue weighted by Gasteiger charge is -2.37. The van der Waals surface area contributed by atoms with E-state index in [0.717, 1.165) is 44.2 Å². The second kappa shape index (κ2) is 11.5. The van der Waals surface area contributed by atoms with Gasteiger partial charge in [-0.15, -0.1) is 11.8 Å². The molecular formula is C31H41N3O4S. The van der Waals surface area contributed by atoms with Crippen LogP contribution in [0.1, 0.15) is 52.4 Å². The average Bonchev–Trinajstić information content (AvgIpc) is 3.19. The van der Waals surface area contributed by atoms with E-state index >= 15 is 0 Å². The minimum Gasteiger partial charge on any atom is -0.396 e. The number of aliphatic hydroxyl groups is 1. The lowest BCUT2D eigenvalue weighted by atomic mass is 9.74. The Bertz CT molecular complexity index is 1140. The van der Waals surface area contributed by atoms with Gasteiger partial charge in [-0.25, -0.2) is 0 Å². The van der Waals surface area contributed by atoms with Crippen LogP contribution in [0.2, 0.25) is 0 Å². The van der Waals surface area contributed by atoms with Crippen molar-refractivity contribution < 1.29 is 19.5 Å². The maximum absolute atomic E-state index is 14.4. The molecule has 0 bridgehead atoms. The molecule has 0 aliphatic carbocycles. The van der Waals surface area contributed by atoms with E-state index in [1.54, 1.807) is 16.7 Å². The number of likely N-dealkylation sites (tertiary alicyclic amines) is 1. The van der Waals surface area contributed by atoms with Gasteiger partial charge >= 0.3 is 0 Å². The molecule has 0 saturated carbocycles. The molecule has 1 spiro atoms. The molecule has 1 unspecified atom stereocenters. The number of benzene rings is 1. The number of carbonyl (C=O) groups excluding carboxylic acids is 3. The molecule has 0 radical (unpaired) electrons. The predicted octanol–water partition coefficient (Wildman–Crippen LogP) is 4.03. The van der Waals surface area contributed by atoms with Gasteiger partial charge in [-0.3, -0.25) is 14.4 Å². The molecule has 1 aromatic carbocycles. The summed E-state index contributed by atoms with van der Waals surface area (Å²) in [5, 5.41) is 9.17. The van der Waals surface area contributed by atoms with Crippen LogP contribution >= 0.6 is 11.8 Å². The first-order valence-electron chi connectivity index (χ1n) is 14.5. The highest BCUT2D eigenvalue weighted by Gasteiger charge is 2.73. The molecule has 7 nitrogen and oxygen atoms in total. The Labute approximate surface area is 236 Å². The maximum Gasteiger partial charge on any atom is 0.247 e. The number of fused-ring (bicyclic) bond motifs is 2. The zero-order valence-electron chi connectivity index (χ0n) is 23.1. The van der Waals surface area contributed by atoms with E-state index in [0.29, 0.717) is 26.2 Å².